The Morgan fingerprint density at radius 1 is 1.22 bits per heavy atom. The number of ether oxygens (including phenoxy) is 3. The molecule has 0 aliphatic carbocycles. The van der Waals surface area contributed by atoms with E-state index in [0.717, 1.165) is 0 Å². The first-order chi connectivity index (χ1) is 12.9. The Hall–Kier alpha value is -2.74. The maximum absolute atomic E-state index is 12.2. The van der Waals surface area contributed by atoms with Crippen molar-refractivity contribution in [3.63, 3.8) is 0 Å². The van der Waals surface area contributed by atoms with Gasteiger partial charge in [-0.05, 0) is 24.6 Å². The first-order valence-electron chi connectivity index (χ1n) is 8.58. The molecule has 0 aromatic heterocycles. The van der Waals surface area contributed by atoms with E-state index in [-0.39, 0.29) is 42.8 Å². The average molecular weight is 380 g/mol. The van der Waals surface area contributed by atoms with Gasteiger partial charge in [-0.3, -0.25) is 4.79 Å². The van der Waals surface area contributed by atoms with Crippen LogP contribution >= 0.6 is 0 Å². The van der Waals surface area contributed by atoms with Gasteiger partial charge in [0.2, 0.25) is 0 Å². The molecule has 0 radical (unpaired) electrons. The largest absolute Gasteiger partial charge is 0.504 e. The van der Waals surface area contributed by atoms with E-state index in [0.29, 0.717) is 12.0 Å². The van der Waals surface area contributed by atoms with Crippen LogP contribution in [0.1, 0.15) is 18.9 Å². The highest BCUT2D eigenvalue weighted by Crippen LogP contribution is 2.34. The molecular formula is C19H24O8. The zero-order chi connectivity index (χ0) is 20.0. The van der Waals surface area contributed by atoms with Gasteiger partial charge in [-0.15, -0.1) is 0 Å². The van der Waals surface area contributed by atoms with Crippen molar-refractivity contribution < 1.29 is 39.1 Å². The summed E-state index contributed by atoms with van der Waals surface area (Å²) in [5, 5.41) is 28.4. The zero-order valence-corrected chi connectivity index (χ0v) is 15.3. The second-order valence-corrected chi connectivity index (χ2v) is 6.36. The van der Waals surface area contributed by atoms with Crippen LogP contribution in [0, 0.1) is 11.8 Å². The summed E-state index contributed by atoms with van der Waals surface area (Å²) in [6, 6.07) is 4.36. The van der Waals surface area contributed by atoms with Crippen LogP contribution in [0.15, 0.2) is 30.0 Å². The van der Waals surface area contributed by atoms with E-state index in [1.165, 1.54) is 25.5 Å². The maximum atomic E-state index is 12.2. The van der Waals surface area contributed by atoms with Crippen molar-refractivity contribution in [2.24, 2.45) is 11.8 Å². The zero-order valence-electron chi connectivity index (χ0n) is 15.3. The van der Waals surface area contributed by atoms with Gasteiger partial charge in [-0.1, -0.05) is 6.07 Å². The molecular weight excluding hydrogens is 356 g/mol. The van der Waals surface area contributed by atoms with Gasteiger partial charge < -0.3 is 29.5 Å². The summed E-state index contributed by atoms with van der Waals surface area (Å²) in [6.07, 6.45) is 1.18. The second-order valence-electron chi connectivity index (χ2n) is 6.36. The number of carbonyl (C=O) groups is 2. The van der Waals surface area contributed by atoms with Crippen molar-refractivity contribution in [1.29, 1.82) is 0 Å². The molecule has 8 heteroatoms. The molecule has 8 nitrogen and oxygen atoms in total. The summed E-state index contributed by atoms with van der Waals surface area (Å²) < 4.78 is 15.3. The van der Waals surface area contributed by atoms with Crippen LogP contribution in [0.5, 0.6) is 11.5 Å². The predicted molar refractivity (Wildman–Crippen MR) is 93.8 cm³/mol. The van der Waals surface area contributed by atoms with Crippen molar-refractivity contribution >= 4 is 11.9 Å². The van der Waals surface area contributed by atoms with Gasteiger partial charge in [0.1, 0.15) is 6.10 Å². The predicted octanol–water partition coefficient (Wildman–Crippen LogP) is 1.27. The molecule has 0 saturated heterocycles. The number of hydrogen-bond acceptors (Lipinski definition) is 8. The van der Waals surface area contributed by atoms with Gasteiger partial charge >= 0.3 is 11.9 Å². The lowest BCUT2D eigenvalue weighted by atomic mass is 9.79. The number of aliphatic hydroxyl groups is 1. The summed E-state index contributed by atoms with van der Waals surface area (Å²) in [6.45, 7) is 1.57. The number of phenols is 2. The quantitative estimate of drug-likeness (QED) is 0.477. The highest BCUT2D eigenvalue weighted by Gasteiger charge is 2.38. The van der Waals surface area contributed by atoms with Gasteiger partial charge in [0.05, 0.1) is 38.6 Å². The van der Waals surface area contributed by atoms with E-state index in [1.54, 1.807) is 13.0 Å². The molecule has 0 spiro atoms. The van der Waals surface area contributed by atoms with Crippen LogP contribution in [-0.4, -0.2) is 53.7 Å². The fourth-order valence-electron chi connectivity index (χ4n) is 3.03. The number of esters is 2. The van der Waals surface area contributed by atoms with Crippen LogP contribution in [0.3, 0.4) is 0 Å². The Morgan fingerprint density at radius 3 is 2.59 bits per heavy atom. The van der Waals surface area contributed by atoms with Crippen molar-refractivity contribution in [2.75, 3.05) is 20.3 Å². The summed E-state index contributed by atoms with van der Waals surface area (Å²) in [7, 11) is 1.23. The normalized spacial score (nSPS) is 21.7. The van der Waals surface area contributed by atoms with Crippen LogP contribution in [0.4, 0.5) is 0 Å². The first kappa shape index (κ1) is 20.6. The summed E-state index contributed by atoms with van der Waals surface area (Å²) in [5.74, 6) is -2.61. The molecule has 1 heterocycles. The highest BCUT2D eigenvalue weighted by molar-refractivity contribution is 5.89. The molecule has 27 heavy (non-hydrogen) atoms. The Labute approximate surface area is 157 Å². The van der Waals surface area contributed by atoms with Gasteiger partial charge in [0.15, 0.2) is 11.5 Å². The SMILES string of the molecule is COC(=O)C1=CO[C@H](C)[C@@H](CO)[C@@H]1CC(=O)OCCc1ccc(O)c(O)c1. The molecule has 1 aliphatic heterocycles. The topological polar surface area (TPSA) is 123 Å². The van der Waals surface area contributed by atoms with Crippen LogP contribution < -0.4 is 0 Å². The fraction of sp³-hybridized carbons (Fsp3) is 0.474. The Balaban J connectivity index is 1.96. The minimum absolute atomic E-state index is 0.0723. The number of phenolic OH excluding ortho intramolecular Hbond substituents is 2. The van der Waals surface area contributed by atoms with Crippen molar-refractivity contribution in [3.8, 4) is 11.5 Å². The van der Waals surface area contributed by atoms with Gasteiger partial charge in [0, 0.05) is 18.3 Å². The van der Waals surface area contributed by atoms with Crippen molar-refractivity contribution in [1.82, 2.24) is 0 Å². The van der Waals surface area contributed by atoms with Crippen LogP contribution in [-0.2, 0) is 30.2 Å². The molecule has 0 unspecified atom stereocenters. The van der Waals surface area contributed by atoms with Crippen molar-refractivity contribution in [2.45, 2.75) is 25.9 Å². The summed E-state index contributed by atoms with van der Waals surface area (Å²) in [4.78, 5) is 24.2. The van der Waals surface area contributed by atoms with Gasteiger partial charge in [0.25, 0.3) is 0 Å². The molecule has 0 bridgehead atoms. The molecule has 2 rings (SSSR count). The van der Waals surface area contributed by atoms with Crippen molar-refractivity contribution in [3.05, 3.63) is 35.6 Å². The number of rotatable bonds is 7. The monoisotopic (exact) mass is 380 g/mol. The molecule has 0 fully saturated rings. The molecule has 0 saturated carbocycles. The third kappa shape index (κ3) is 5.13. The van der Waals surface area contributed by atoms with E-state index >= 15 is 0 Å². The summed E-state index contributed by atoms with van der Waals surface area (Å²) >= 11 is 0. The fourth-order valence-corrected chi connectivity index (χ4v) is 3.03. The summed E-state index contributed by atoms with van der Waals surface area (Å²) in [5.41, 5.74) is 0.885. The minimum atomic E-state index is -0.613. The minimum Gasteiger partial charge on any atom is -0.504 e. The first-order valence-corrected chi connectivity index (χ1v) is 8.58. The lowest BCUT2D eigenvalue weighted by Crippen LogP contribution is -2.38. The molecule has 3 N–H and O–H groups in total. The molecule has 3 atom stereocenters. The molecule has 1 aromatic carbocycles. The van der Waals surface area contributed by atoms with Crippen LogP contribution in [0.25, 0.3) is 0 Å². The molecule has 1 aromatic rings. The number of aromatic hydroxyl groups is 2. The molecule has 0 amide bonds. The molecule has 148 valence electrons. The Bertz CT molecular complexity index is 712. The van der Waals surface area contributed by atoms with E-state index in [2.05, 4.69) is 0 Å². The number of carbonyl (C=O) groups excluding carboxylic acids is 2. The lowest BCUT2D eigenvalue weighted by Gasteiger charge is -2.34. The number of hydrogen-bond donors (Lipinski definition) is 3. The third-order valence-electron chi connectivity index (χ3n) is 4.64. The van der Waals surface area contributed by atoms with E-state index in [4.69, 9.17) is 14.2 Å². The Kier molecular flexibility index (Phi) is 7.06. The van der Waals surface area contributed by atoms with Gasteiger partial charge in [-0.2, -0.15) is 0 Å². The number of benzene rings is 1. The number of aliphatic hydroxyl groups excluding tert-OH is 1. The maximum Gasteiger partial charge on any atom is 0.337 e. The van der Waals surface area contributed by atoms with E-state index in [1.807, 2.05) is 0 Å². The standard InChI is InChI=1S/C19H24O8/c1-11-14(9-20)13(15(10-27-11)19(24)25-2)8-18(23)26-6-5-12-3-4-16(21)17(22)7-12/h3-4,7,10-11,13-14,20-22H,5-6,8-9H2,1-2H3/t11-,13+,14-/m1/s1. The smallest absolute Gasteiger partial charge is 0.337 e. The second kappa shape index (κ2) is 9.27. The third-order valence-corrected chi connectivity index (χ3v) is 4.64. The van der Waals surface area contributed by atoms with E-state index in [9.17, 15) is 24.9 Å². The molecule has 1 aliphatic rings. The highest BCUT2D eigenvalue weighted by atomic mass is 16.5. The number of methoxy groups -OCH3 is 1. The Morgan fingerprint density at radius 2 is 1.96 bits per heavy atom. The van der Waals surface area contributed by atoms with Gasteiger partial charge in [-0.25, -0.2) is 4.79 Å². The lowest BCUT2D eigenvalue weighted by molar-refractivity contribution is -0.146. The average Bonchev–Trinajstić information content (AvgIpc) is 2.64. The van der Waals surface area contributed by atoms with E-state index < -0.39 is 23.8 Å². The van der Waals surface area contributed by atoms with Crippen LogP contribution in [0.2, 0.25) is 0 Å².